The van der Waals surface area contributed by atoms with Crippen LogP contribution in [0.1, 0.15) is 35.8 Å². The second kappa shape index (κ2) is 9.69. The van der Waals surface area contributed by atoms with Gasteiger partial charge in [-0.1, -0.05) is 61.5 Å². The highest BCUT2D eigenvalue weighted by Gasteiger charge is 2.13. The number of H-pyrrole nitrogens is 1. The van der Waals surface area contributed by atoms with Gasteiger partial charge in [0.1, 0.15) is 5.52 Å². The van der Waals surface area contributed by atoms with E-state index in [2.05, 4.69) is 68.6 Å². The molecule has 3 aromatic heterocycles. The maximum Gasteiger partial charge on any atom is 0.236 e. The smallest absolute Gasteiger partial charge is 0.236 e. The van der Waals surface area contributed by atoms with Crippen LogP contribution in [0.2, 0.25) is 5.02 Å². The number of aromatic amines is 1. The molecule has 0 fully saturated rings. The number of carbonyl (C=O) groups excluding carboxylic acids is 1. The van der Waals surface area contributed by atoms with Gasteiger partial charge in [0.15, 0.2) is 10.8 Å². The van der Waals surface area contributed by atoms with Crippen LogP contribution >= 0.6 is 34.7 Å². The SMILES string of the molecule is CC(C)c1ccc(Cc2cnc(NC(=O)CSc3nnc4c(n3)[nH]c3ccc(Cl)cc34)s2)cc1. The lowest BCUT2D eigenvalue weighted by Crippen LogP contribution is -2.14. The highest BCUT2D eigenvalue weighted by atomic mass is 35.5. The third-order valence-electron chi connectivity index (χ3n) is 5.31. The van der Waals surface area contributed by atoms with E-state index in [1.54, 1.807) is 6.07 Å². The van der Waals surface area contributed by atoms with E-state index in [1.165, 1.54) is 34.2 Å². The van der Waals surface area contributed by atoms with Gasteiger partial charge in [-0.3, -0.25) is 4.79 Å². The summed E-state index contributed by atoms with van der Waals surface area (Å²) in [5.74, 6) is 0.506. The van der Waals surface area contributed by atoms with Gasteiger partial charge in [-0.15, -0.1) is 21.5 Å². The number of thioether (sulfide) groups is 1. The summed E-state index contributed by atoms with van der Waals surface area (Å²) < 4.78 is 0. The van der Waals surface area contributed by atoms with Crippen molar-refractivity contribution in [3.05, 3.63) is 69.7 Å². The van der Waals surface area contributed by atoms with Gasteiger partial charge in [-0.25, -0.2) is 9.97 Å². The van der Waals surface area contributed by atoms with Crippen molar-refractivity contribution in [1.82, 2.24) is 25.1 Å². The molecule has 34 heavy (non-hydrogen) atoms. The van der Waals surface area contributed by atoms with E-state index >= 15 is 0 Å². The fourth-order valence-corrected chi connectivity index (χ4v) is 5.17. The van der Waals surface area contributed by atoms with Gasteiger partial charge in [0, 0.05) is 33.4 Å². The van der Waals surface area contributed by atoms with Crippen LogP contribution < -0.4 is 5.32 Å². The summed E-state index contributed by atoms with van der Waals surface area (Å²) in [6.45, 7) is 4.37. The Morgan fingerprint density at radius 1 is 1.18 bits per heavy atom. The first-order chi connectivity index (χ1) is 16.4. The number of amides is 1. The number of thiazole rings is 1. The van der Waals surface area contributed by atoms with Crippen LogP contribution in [0.5, 0.6) is 0 Å². The van der Waals surface area contributed by atoms with Crippen LogP contribution in [0.3, 0.4) is 0 Å². The molecule has 0 unspecified atom stereocenters. The Labute approximate surface area is 209 Å². The van der Waals surface area contributed by atoms with E-state index in [-0.39, 0.29) is 11.7 Å². The van der Waals surface area contributed by atoms with Crippen LogP contribution in [0.4, 0.5) is 5.13 Å². The van der Waals surface area contributed by atoms with Crippen LogP contribution in [-0.2, 0) is 11.2 Å². The van der Waals surface area contributed by atoms with Crippen molar-refractivity contribution >= 4 is 67.8 Å². The predicted molar refractivity (Wildman–Crippen MR) is 139 cm³/mol. The molecular formula is C24H21ClN6OS2. The van der Waals surface area contributed by atoms with Gasteiger partial charge >= 0.3 is 0 Å². The van der Waals surface area contributed by atoms with Gasteiger partial charge < -0.3 is 10.3 Å². The summed E-state index contributed by atoms with van der Waals surface area (Å²) in [4.78, 5) is 25.6. The average molecular weight is 509 g/mol. The number of carbonyl (C=O) groups is 1. The largest absolute Gasteiger partial charge is 0.338 e. The highest BCUT2D eigenvalue weighted by molar-refractivity contribution is 7.99. The summed E-state index contributed by atoms with van der Waals surface area (Å²) in [6, 6.07) is 14.1. The third kappa shape index (κ3) is 5.06. The van der Waals surface area contributed by atoms with Crippen molar-refractivity contribution in [2.45, 2.75) is 31.3 Å². The van der Waals surface area contributed by atoms with E-state index in [4.69, 9.17) is 11.6 Å². The Bertz CT molecular complexity index is 1480. The zero-order chi connectivity index (χ0) is 23.7. The lowest BCUT2D eigenvalue weighted by Gasteiger charge is -2.06. The van der Waals surface area contributed by atoms with E-state index in [1.807, 2.05) is 18.3 Å². The van der Waals surface area contributed by atoms with Gasteiger partial charge in [0.2, 0.25) is 11.1 Å². The molecule has 0 aliphatic heterocycles. The molecule has 0 spiro atoms. The van der Waals surface area contributed by atoms with Gasteiger partial charge in [-0.2, -0.15) is 0 Å². The topological polar surface area (TPSA) is 96.5 Å². The van der Waals surface area contributed by atoms with Crippen LogP contribution in [0, 0.1) is 0 Å². The van der Waals surface area contributed by atoms with Gasteiger partial charge in [0.25, 0.3) is 0 Å². The third-order valence-corrected chi connectivity index (χ3v) is 7.30. The van der Waals surface area contributed by atoms with Crippen LogP contribution in [0.15, 0.2) is 53.8 Å². The van der Waals surface area contributed by atoms with Crippen molar-refractivity contribution in [2.75, 3.05) is 11.1 Å². The van der Waals surface area contributed by atoms with Crippen LogP contribution in [0.25, 0.3) is 22.1 Å². The van der Waals surface area contributed by atoms with Crippen molar-refractivity contribution in [2.24, 2.45) is 0 Å². The zero-order valence-corrected chi connectivity index (χ0v) is 20.9. The Morgan fingerprint density at radius 2 is 2.00 bits per heavy atom. The number of anilines is 1. The molecule has 172 valence electrons. The molecule has 5 aromatic rings. The number of hydrogen-bond acceptors (Lipinski definition) is 7. The number of aromatic nitrogens is 5. The van der Waals surface area contributed by atoms with E-state index in [0.717, 1.165) is 22.2 Å². The minimum atomic E-state index is -0.167. The molecule has 7 nitrogen and oxygen atoms in total. The van der Waals surface area contributed by atoms with Crippen molar-refractivity contribution in [3.63, 3.8) is 0 Å². The number of nitrogens with one attached hydrogen (secondary N) is 2. The zero-order valence-electron chi connectivity index (χ0n) is 18.5. The Hall–Kier alpha value is -3.01. The molecule has 0 radical (unpaired) electrons. The van der Waals surface area contributed by atoms with Crippen molar-refractivity contribution in [3.8, 4) is 0 Å². The Balaban J connectivity index is 1.18. The van der Waals surface area contributed by atoms with E-state index < -0.39 is 0 Å². The lowest BCUT2D eigenvalue weighted by molar-refractivity contribution is -0.113. The first-order valence-corrected chi connectivity index (χ1v) is 12.9. The summed E-state index contributed by atoms with van der Waals surface area (Å²) >= 11 is 8.79. The molecule has 0 bridgehead atoms. The fourth-order valence-electron chi connectivity index (χ4n) is 3.54. The summed E-state index contributed by atoms with van der Waals surface area (Å²) in [7, 11) is 0. The minimum Gasteiger partial charge on any atom is -0.338 e. The first kappa shape index (κ1) is 22.8. The van der Waals surface area contributed by atoms with Crippen molar-refractivity contribution < 1.29 is 4.79 Å². The van der Waals surface area contributed by atoms with Gasteiger partial charge in [-0.05, 0) is 35.2 Å². The standard InChI is InChI=1S/C24H21ClN6OS2/c1-13(2)15-5-3-14(4-6-15)9-17-11-26-23(34-17)28-20(32)12-33-24-29-22-21(30-31-24)18-10-16(25)7-8-19(18)27-22/h3-8,10-11,13H,9,12H2,1-2H3,(H,26,28,32)(H,27,29,31). The highest BCUT2D eigenvalue weighted by Crippen LogP contribution is 2.27. The number of hydrogen-bond donors (Lipinski definition) is 2. The molecular weight excluding hydrogens is 488 g/mol. The number of fused-ring (bicyclic) bond motifs is 3. The van der Waals surface area contributed by atoms with E-state index in [0.29, 0.717) is 32.4 Å². The molecule has 1 amide bonds. The van der Waals surface area contributed by atoms with Crippen LogP contribution in [-0.4, -0.2) is 36.8 Å². The molecule has 0 saturated heterocycles. The predicted octanol–water partition coefficient (Wildman–Crippen LogP) is 6.06. The lowest BCUT2D eigenvalue weighted by atomic mass is 10.0. The molecule has 0 aliphatic carbocycles. The second-order valence-corrected chi connectivity index (χ2v) is 10.6. The molecule has 0 aliphatic rings. The monoisotopic (exact) mass is 508 g/mol. The van der Waals surface area contributed by atoms with Crippen molar-refractivity contribution in [1.29, 1.82) is 0 Å². The molecule has 3 heterocycles. The molecule has 0 saturated carbocycles. The number of rotatable bonds is 7. The Kier molecular flexibility index (Phi) is 6.49. The quantitative estimate of drug-likeness (QED) is 0.259. The maximum atomic E-state index is 12.4. The number of halogens is 1. The molecule has 2 N–H and O–H groups in total. The summed E-state index contributed by atoms with van der Waals surface area (Å²) in [5, 5.41) is 13.8. The molecule has 2 aromatic carbocycles. The summed E-state index contributed by atoms with van der Waals surface area (Å²) in [5.41, 5.74) is 4.70. The second-order valence-electron chi connectivity index (χ2n) is 8.15. The molecule has 10 heteroatoms. The molecule has 0 atom stereocenters. The maximum absolute atomic E-state index is 12.4. The number of nitrogens with zero attached hydrogens (tertiary/aromatic N) is 4. The first-order valence-electron chi connectivity index (χ1n) is 10.7. The fraction of sp³-hybridized carbons (Fsp3) is 0.208. The minimum absolute atomic E-state index is 0.158. The average Bonchev–Trinajstić information content (AvgIpc) is 3.41. The Morgan fingerprint density at radius 3 is 2.79 bits per heavy atom. The number of benzene rings is 2. The van der Waals surface area contributed by atoms with E-state index in [9.17, 15) is 4.79 Å². The normalized spacial score (nSPS) is 11.5. The summed E-state index contributed by atoms with van der Waals surface area (Å²) in [6.07, 6.45) is 2.60. The molecule has 5 rings (SSSR count). The van der Waals surface area contributed by atoms with Gasteiger partial charge in [0.05, 0.1) is 5.75 Å².